The van der Waals surface area contributed by atoms with Crippen molar-refractivity contribution in [2.24, 2.45) is 0 Å². The van der Waals surface area contributed by atoms with E-state index in [1.807, 2.05) is 28.3 Å². The quantitative estimate of drug-likeness (QED) is 0.656. The van der Waals surface area contributed by atoms with Crippen LogP contribution in [-0.2, 0) is 6.42 Å². The van der Waals surface area contributed by atoms with Gasteiger partial charge >= 0.3 is 0 Å². The number of thiophene rings is 1. The van der Waals surface area contributed by atoms with E-state index < -0.39 is 0 Å². The first-order valence-corrected chi connectivity index (χ1v) is 8.33. The zero-order valence-corrected chi connectivity index (χ0v) is 13.8. The van der Waals surface area contributed by atoms with Gasteiger partial charge in [-0.3, -0.25) is 0 Å². The minimum atomic E-state index is -0.255. The third-order valence-corrected chi connectivity index (χ3v) is 4.52. The van der Waals surface area contributed by atoms with E-state index in [4.69, 9.17) is 0 Å². The Labute approximate surface area is 144 Å². The molecule has 0 aliphatic heterocycles. The lowest BCUT2D eigenvalue weighted by Crippen LogP contribution is -2.22. The molecule has 1 atom stereocenters. The molecule has 0 amide bonds. The zero-order chi connectivity index (χ0) is 16.9. The van der Waals surface area contributed by atoms with Gasteiger partial charge in [0.15, 0.2) is 11.6 Å². The van der Waals surface area contributed by atoms with Crippen LogP contribution in [0.1, 0.15) is 28.1 Å². The van der Waals surface area contributed by atoms with Crippen molar-refractivity contribution in [1.29, 1.82) is 0 Å². The molecular formula is C18H17FN4S. The molecule has 0 radical (unpaired) electrons. The van der Waals surface area contributed by atoms with Crippen molar-refractivity contribution in [1.82, 2.24) is 14.9 Å². The van der Waals surface area contributed by atoms with Gasteiger partial charge in [0.25, 0.3) is 0 Å². The highest BCUT2D eigenvalue weighted by Gasteiger charge is 2.15. The summed E-state index contributed by atoms with van der Waals surface area (Å²) >= 11 is 1.65. The first-order chi connectivity index (χ1) is 11.7. The number of benzene rings is 1. The van der Waals surface area contributed by atoms with Gasteiger partial charge in [-0.25, -0.2) is 9.07 Å². The maximum Gasteiger partial charge on any atom is 0.174 e. The summed E-state index contributed by atoms with van der Waals surface area (Å²) in [6.07, 6.45) is 4.01. The van der Waals surface area contributed by atoms with E-state index in [1.54, 1.807) is 29.5 Å². The van der Waals surface area contributed by atoms with Crippen molar-refractivity contribution in [3.8, 4) is 0 Å². The van der Waals surface area contributed by atoms with Gasteiger partial charge in [0, 0.05) is 11.3 Å². The molecular weight excluding hydrogens is 323 g/mol. The molecule has 0 saturated carbocycles. The van der Waals surface area contributed by atoms with Crippen LogP contribution in [0.15, 0.2) is 61.0 Å². The summed E-state index contributed by atoms with van der Waals surface area (Å²) in [6, 6.07) is 10.3. The molecule has 0 aliphatic carbocycles. The molecule has 1 N–H and O–H groups in total. The fourth-order valence-electron chi connectivity index (χ4n) is 2.34. The smallest absolute Gasteiger partial charge is 0.174 e. The molecule has 24 heavy (non-hydrogen) atoms. The predicted octanol–water partition coefficient (Wildman–Crippen LogP) is 4.18. The fraction of sp³-hybridized carbons (Fsp3) is 0.111. The molecule has 6 heteroatoms. The predicted molar refractivity (Wildman–Crippen MR) is 95.9 cm³/mol. The normalized spacial score (nSPS) is 11.9. The van der Waals surface area contributed by atoms with E-state index in [-0.39, 0.29) is 11.9 Å². The molecule has 1 unspecified atom stereocenters. The lowest BCUT2D eigenvalue weighted by atomic mass is 10.1. The molecule has 0 saturated heterocycles. The summed E-state index contributed by atoms with van der Waals surface area (Å²) in [5, 5.41) is 10.4. The minimum Gasteiger partial charge on any atom is -0.310 e. The van der Waals surface area contributed by atoms with Crippen LogP contribution in [0.25, 0.3) is 6.08 Å². The molecule has 122 valence electrons. The van der Waals surface area contributed by atoms with Crippen LogP contribution in [0.3, 0.4) is 0 Å². The van der Waals surface area contributed by atoms with E-state index in [9.17, 15) is 4.39 Å². The Bertz CT molecular complexity index is 821. The van der Waals surface area contributed by atoms with Crippen LogP contribution in [0.4, 0.5) is 4.39 Å². The van der Waals surface area contributed by atoms with Crippen molar-refractivity contribution in [2.75, 3.05) is 5.43 Å². The van der Waals surface area contributed by atoms with Crippen LogP contribution in [0.5, 0.6) is 0 Å². The second kappa shape index (κ2) is 7.23. The number of hydrogen-bond acceptors (Lipinski definition) is 4. The molecule has 4 nitrogen and oxygen atoms in total. The molecule has 0 spiro atoms. The lowest BCUT2D eigenvalue weighted by molar-refractivity contribution is 0.627. The first kappa shape index (κ1) is 16.1. The fourth-order valence-corrected chi connectivity index (χ4v) is 3.11. The Morgan fingerprint density at radius 1 is 1.21 bits per heavy atom. The summed E-state index contributed by atoms with van der Waals surface area (Å²) < 4.78 is 14.9. The van der Waals surface area contributed by atoms with Crippen molar-refractivity contribution < 1.29 is 4.39 Å². The molecule has 1 aromatic carbocycles. The molecule has 3 aromatic rings. The van der Waals surface area contributed by atoms with Crippen molar-refractivity contribution >= 4 is 17.4 Å². The van der Waals surface area contributed by atoms with Gasteiger partial charge in [-0.15, -0.1) is 28.1 Å². The summed E-state index contributed by atoms with van der Waals surface area (Å²) in [7, 11) is 0. The summed E-state index contributed by atoms with van der Waals surface area (Å²) in [6.45, 7) is 7.68. The van der Waals surface area contributed by atoms with Gasteiger partial charge in [0.05, 0.1) is 6.04 Å². The Morgan fingerprint density at radius 3 is 2.62 bits per heavy atom. The second-order valence-electron chi connectivity index (χ2n) is 5.18. The number of halogens is 1. The van der Waals surface area contributed by atoms with Crippen LogP contribution in [-0.4, -0.2) is 14.9 Å². The van der Waals surface area contributed by atoms with Crippen LogP contribution < -0.4 is 5.43 Å². The topological polar surface area (TPSA) is 42.7 Å². The Balaban J connectivity index is 1.88. The highest BCUT2D eigenvalue weighted by molar-refractivity contribution is 7.10. The first-order valence-electron chi connectivity index (χ1n) is 7.45. The monoisotopic (exact) mass is 340 g/mol. The molecule has 2 aromatic heterocycles. The third kappa shape index (κ3) is 3.44. The van der Waals surface area contributed by atoms with Gasteiger partial charge in [0.1, 0.15) is 5.82 Å². The Morgan fingerprint density at radius 2 is 2.00 bits per heavy atom. The summed E-state index contributed by atoms with van der Waals surface area (Å²) in [4.78, 5) is 1.14. The van der Waals surface area contributed by atoms with Gasteiger partial charge in [0.2, 0.25) is 0 Å². The summed E-state index contributed by atoms with van der Waals surface area (Å²) in [5.41, 5.74) is 4.32. The number of nitrogens with one attached hydrogen (secondary N) is 1. The van der Waals surface area contributed by atoms with E-state index in [0.29, 0.717) is 12.2 Å². The van der Waals surface area contributed by atoms with E-state index in [2.05, 4.69) is 28.8 Å². The van der Waals surface area contributed by atoms with Crippen molar-refractivity contribution in [2.45, 2.75) is 12.5 Å². The maximum atomic E-state index is 13.1. The van der Waals surface area contributed by atoms with E-state index >= 15 is 0 Å². The third-order valence-electron chi connectivity index (χ3n) is 3.57. The SMILES string of the molecule is C=Cc1nnc(Cc2ccc(F)cc2)n1NC(C=C)c1cccs1. The molecule has 0 fully saturated rings. The van der Waals surface area contributed by atoms with Gasteiger partial charge in [-0.2, -0.15) is 0 Å². The lowest BCUT2D eigenvalue weighted by Gasteiger charge is -2.18. The summed E-state index contributed by atoms with van der Waals surface area (Å²) in [5.74, 6) is 1.09. The van der Waals surface area contributed by atoms with Crippen molar-refractivity contribution in [3.05, 3.63) is 88.9 Å². The van der Waals surface area contributed by atoms with Gasteiger partial charge < -0.3 is 5.43 Å². The standard InChI is InChI=1S/C18H17FN4S/c1-3-15(16-6-5-11-24-16)22-23-17(4-2)20-21-18(23)12-13-7-9-14(19)10-8-13/h3-11,15,22H,1-2,12H2. The van der Waals surface area contributed by atoms with Crippen LogP contribution in [0.2, 0.25) is 0 Å². The van der Waals surface area contributed by atoms with Crippen LogP contribution in [0, 0.1) is 5.82 Å². The molecule has 3 rings (SSSR count). The zero-order valence-electron chi connectivity index (χ0n) is 13.0. The average molecular weight is 340 g/mol. The van der Waals surface area contributed by atoms with Gasteiger partial charge in [-0.1, -0.05) is 30.9 Å². The number of nitrogens with zero attached hydrogens (tertiary/aromatic N) is 3. The average Bonchev–Trinajstić information content (AvgIpc) is 3.25. The number of aromatic nitrogens is 3. The van der Waals surface area contributed by atoms with Crippen molar-refractivity contribution in [3.63, 3.8) is 0 Å². The Kier molecular flexibility index (Phi) is 4.86. The van der Waals surface area contributed by atoms with E-state index in [0.717, 1.165) is 16.3 Å². The molecule has 0 bridgehead atoms. The minimum absolute atomic E-state index is 0.0633. The van der Waals surface area contributed by atoms with Crippen LogP contribution >= 0.6 is 11.3 Å². The highest BCUT2D eigenvalue weighted by atomic mass is 32.1. The highest BCUT2D eigenvalue weighted by Crippen LogP contribution is 2.22. The number of hydrogen-bond donors (Lipinski definition) is 1. The van der Waals surface area contributed by atoms with Gasteiger partial charge in [-0.05, 0) is 35.2 Å². The number of rotatable bonds is 7. The molecule has 2 heterocycles. The largest absolute Gasteiger partial charge is 0.310 e. The Hall–Kier alpha value is -2.73. The second-order valence-corrected chi connectivity index (χ2v) is 6.15. The van der Waals surface area contributed by atoms with E-state index in [1.165, 1.54) is 12.1 Å². The molecule has 0 aliphatic rings. The maximum absolute atomic E-state index is 13.1.